The Bertz CT molecular complexity index is 1440. The fourth-order valence-electron chi connectivity index (χ4n) is 3.90. The van der Waals surface area contributed by atoms with Crippen LogP contribution in [0.1, 0.15) is 32.6 Å². The number of ether oxygens (including phenoxy) is 2. The van der Waals surface area contributed by atoms with Crippen LogP contribution in [0, 0.1) is 19.7 Å². The molecule has 0 saturated heterocycles. The van der Waals surface area contributed by atoms with Crippen LogP contribution in [-0.2, 0) is 6.54 Å². The second-order valence-electron chi connectivity index (χ2n) is 7.98. The third-order valence-corrected chi connectivity index (χ3v) is 5.85. The van der Waals surface area contributed by atoms with Crippen molar-refractivity contribution >= 4 is 16.7 Å². The number of carbonyl (C=O) groups is 1. The van der Waals surface area contributed by atoms with Gasteiger partial charge in [0.25, 0.3) is 0 Å². The Balaban J connectivity index is 1.70. The van der Waals surface area contributed by atoms with Crippen molar-refractivity contribution in [3.63, 3.8) is 0 Å². The van der Waals surface area contributed by atoms with Crippen LogP contribution in [0.2, 0.25) is 0 Å². The standard InChI is InChI=1S/C26H20FNO4/c1-15-3-6-18(9-16(15)2)25(29)21-13-28(12-17-4-7-19(27)8-5-17)22-11-24-23(31-14-32-24)10-20(22)26(21)30/h3-11,13H,12,14H2,1-2H3. The number of hydrogen-bond acceptors (Lipinski definition) is 4. The van der Waals surface area contributed by atoms with E-state index in [1.807, 2.05) is 24.5 Å². The van der Waals surface area contributed by atoms with Crippen LogP contribution in [0.25, 0.3) is 10.9 Å². The van der Waals surface area contributed by atoms with Gasteiger partial charge in [-0.15, -0.1) is 0 Å². The summed E-state index contributed by atoms with van der Waals surface area (Å²) in [6.07, 6.45) is 1.58. The van der Waals surface area contributed by atoms with E-state index in [1.54, 1.807) is 42.6 Å². The van der Waals surface area contributed by atoms with Crippen molar-refractivity contribution < 1.29 is 18.7 Å². The molecule has 0 saturated carbocycles. The van der Waals surface area contributed by atoms with Gasteiger partial charge in [0.2, 0.25) is 12.2 Å². The van der Waals surface area contributed by atoms with E-state index in [2.05, 4.69) is 0 Å². The number of hydrogen-bond donors (Lipinski definition) is 0. The Morgan fingerprint density at radius 1 is 0.969 bits per heavy atom. The molecule has 3 aromatic carbocycles. The van der Waals surface area contributed by atoms with Crippen molar-refractivity contribution in [1.82, 2.24) is 4.57 Å². The topological polar surface area (TPSA) is 57.5 Å². The number of carbonyl (C=O) groups excluding carboxylic acids is 1. The van der Waals surface area contributed by atoms with Crippen molar-refractivity contribution in [1.29, 1.82) is 0 Å². The number of pyridine rings is 1. The van der Waals surface area contributed by atoms with Gasteiger partial charge in [0.05, 0.1) is 16.5 Å². The number of rotatable bonds is 4. The van der Waals surface area contributed by atoms with E-state index >= 15 is 0 Å². The summed E-state index contributed by atoms with van der Waals surface area (Å²) in [6.45, 7) is 4.33. The number of aromatic nitrogens is 1. The zero-order valence-electron chi connectivity index (χ0n) is 17.6. The van der Waals surface area contributed by atoms with Gasteiger partial charge in [-0.2, -0.15) is 0 Å². The molecule has 1 aromatic heterocycles. The SMILES string of the molecule is Cc1ccc(C(=O)c2cn(Cc3ccc(F)cc3)c3cc4c(cc3c2=O)OCO4)cc1C. The fraction of sp³-hybridized carbons (Fsp3) is 0.154. The second kappa shape index (κ2) is 7.64. The van der Waals surface area contributed by atoms with Crippen LogP contribution in [0.3, 0.4) is 0 Å². The zero-order valence-corrected chi connectivity index (χ0v) is 17.6. The molecule has 4 aromatic rings. The molecule has 0 atom stereocenters. The summed E-state index contributed by atoms with van der Waals surface area (Å²) in [5.74, 6) is 0.342. The predicted octanol–water partition coefficient (Wildman–Crippen LogP) is 4.77. The first kappa shape index (κ1) is 20.0. The Morgan fingerprint density at radius 3 is 2.41 bits per heavy atom. The molecule has 0 fully saturated rings. The fourth-order valence-corrected chi connectivity index (χ4v) is 3.90. The molecular weight excluding hydrogens is 409 g/mol. The summed E-state index contributed by atoms with van der Waals surface area (Å²) in [5.41, 5.74) is 3.66. The first-order valence-electron chi connectivity index (χ1n) is 10.2. The number of nitrogens with zero attached hydrogens (tertiary/aromatic N) is 1. The third kappa shape index (κ3) is 3.43. The minimum Gasteiger partial charge on any atom is -0.454 e. The quantitative estimate of drug-likeness (QED) is 0.439. The minimum absolute atomic E-state index is 0.0710. The molecule has 1 aliphatic rings. The van der Waals surface area contributed by atoms with E-state index in [1.165, 1.54) is 12.1 Å². The van der Waals surface area contributed by atoms with Crippen molar-refractivity contribution in [2.24, 2.45) is 0 Å². The molecule has 0 spiro atoms. The molecule has 160 valence electrons. The molecule has 32 heavy (non-hydrogen) atoms. The van der Waals surface area contributed by atoms with E-state index in [9.17, 15) is 14.0 Å². The second-order valence-corrected chi connectivity index (χ2v) is 7.98. The maximum Gasteiger partial charge on any atom is 0.231 e. The van der Waals surface area contributed by atoms with Crippen molar-refractivity contribution in [3.8, 4) is 11.5 Å². The molecule has 0 N–H and O–H groups in total. The summed E-state index contributed by atoms with van der Waals surface area (Å²) in [7, 11) is 0. The van der Waals surface area contributed by atoms with E-state index in [0.717, 1.165) is 16.7 Å². The molecule has 0 unspecified atom stereocenters. The Kier molecular flexibility index (Phi) is 4.78. The lowest BCUT2D eigenvalue weighted by molar-refractivity contribution is 0.103. The Hall–Kier alpha value is -3.93. The lowest BCUT2D eigenvalue weighted by Gasteiger charge is -2.14. The first-order chi connectivity index (χ1) is 15.4. The first-order valence-corrected chi connectivity index (χ1v) is 10.2. The highest BCUT2D eigenvalue weighted by molar-refractivity contribution is 6.10. The van der Waals surface area contributed by atoms with Gasteiger partial charge in [0, 0.05) is 24.4 Å². The number of halogens is 1. The number of benzene rings is 3. The Labute approximate surface area is 183 Å². The van der Waals surface area contributed by atoms with Gasteiger partial charge in [0.1, 0.15) is 5.82 Å². The largest absolute Gasteiger partial charge is 0.454 e. The highest BCUT2D eigenvalue weighted by atomic mass is 19.1. The molecular formula is C26H20FNO4. The minimum atomic E-state index is -0.364. The molecule has 0 bridgehead atoms. The summed E-state index contributed by atoms with van der Waals surface area (Å²) in [5, 5.41) is 0.367. The summed E-state index contributed by atoms with van der Waals surface area (Å²) in [4.78, 5) is 26.7. The normalized spacial score (nSPS) is 12.3. The van der Waals surface area contributed by atoms with Crippen LogP contribution in [0.5, 0.6) is 11.5 Å². The lowest BCUT2D eigenvalue weighted by atomic mass is 9.98. The smallest absolute Gasteiger partial charge is 0.231 e. The molecule has 0 aliphatic carbocycles. The van der Waals surface area contributed by atoms with Gasteiger partial charge in [0.15, 0.2) is 17.3 Å². The van der Waals surface area contributed by atoms with Gasteiger partial charge in [-0.25, -0.2) is 4.39 Å². The molecule has 5 rings (SSSR count). The zero-order chi connectivity index (χ0) is 22.4. The highest BCUT2D eigenvalue weighted by Crippen LogP contribution is 2.35. The third-order valence-electron chi connectivity index (χ3n) is 5.85. The molecule has 2 heterocycles. The van der Waals surface area contributed by atoms with Crippen LogP contribution in [0.15, 0.2) is 65.6 Å². The summed E-state index contributed by atoms with van der Waals surface area (Å²) < 4.78 is 26.1. The summed E-state index contributed by atoms with van der Waals surface area (Å²) in [6, 6.07) is 14.9. The van der Waals surface area contributed by atoms with Crippen molar-refractivity contribution in [2.45, 2.75) is 20.4 Å². The maximum atomic E-state index is 13.4. The van der Waals surface area contributed by atoms with Gasteiger partial charge < -0.3 is 14.0 Å². The van der Waals surface area contributed by atoms with E-state index in [-0.39, 0.29) is 29.4 Å². The molecule has 1 aliphatic heterocycles. The van der Waals surface area contributed by atoms with Crippen LogP contribution < -0.4 is 14.9 Å². The number of aryl methyl sites for hydroxylation is 2. The average molecular weight is 429 g/mol. The van der Waals surface area contributed by atoms with E-state index in [0.29, 0.717) is 34.5 Å². The van der Waals surface area contributed by atoms with Gasteiger partial charge in [-0.3, -0.25) is 9.59 Å². The average Bonchev–Trinajstić information content (AvgIpc) is 3.25. The molecule has 6 heteroatoms. The van der Waals surface area contributed by atoms with Gasteiger partial charge in [-0.1, -0.05) is 24.3 Å². The van der Waals surface area contributed by atoms with Gasteiger partial charge in [-0.05, 0) is 54.8 Å². The van der Waals surface area contributed by atoms with Crippen LogP contribution in [0.4, 0.5) is 4.39 Å². The number of fused-ring (bicyclic) bond motifs is 2. The monoisotopic (exact) mass is 429 g/mol. The molecule has 0 radical (unpaired) electrons. The van der Waals surface area contributed by atoms with Crippen molar-refractivity contribution in [2.75, 3.05) is 6.79 Å². The maximum absolute atomic E-state index is 13.4. The number of ketones is 1. The Morgan fingerprint density at radius 2 is 1.69 bits per heavy atom. The predicted molar refractivity (Wildman–Crippen MR) is 119 cm³/mol. The highest BCUT2D eigenvalue weighted by Gasteiger charge is 2.22. The van der Waals surface area contributed by atoms with Crippen LogP contribution >= 0.6 is 0 Å². The molecule has 5 nitrogen and oxygen atoms in total. The summed E-state index contributed by atoms with van der Waals surface area (Å²) >= 11 is 0. The van der Waals surface area contributed by atoms with Gasteiger partial charge >= 0.3 is 0 Å². The van der Waals surface area contributed by atoms with E-state index < -0.39 is 0 Å². The lowest BCUT2D eigenvalue weighted by Crippen LogP contribution is -2.20. The van der Waals surface area contributed by atoms with E-state index in [4.69, 9.17) is 9.47 Å². The van der Waals surface area contributed by atoms with Crippen LogP contribution in [-0.4, -0.2) is 17.1 Å². The van der Waals surface area contributed by atoms with Crippen molar-refractivity contribution in [3.05, 3.63) is 105 Å². The molecule has 0 amide bonds.